The highest BCUT2D eigenvalue weighted by atomic mass is 16.5. The molecule has 0 bridgehead atoms. The molecule has 0 spiro atoms. The molecule has 1 unspecified atom stereocenters. The Balaban J connectivity index is 2.19. The molecule has 21 heavy (non-hydrogen) atoms. The predicted octanol–water partition coefficient (Wildman–Crippen LogP) is 2.07. The van der Waals surface area contributed by atoms with Crippen LogP contribution in [0.4, 0.5) is 0 Å². The van der Waals surface area contributed by atoms with E-state index in [1.54, 1.807) is 7.11 Å². The van der Waals surface area contributed by atoms with Crippen LogP contribution in [0.2, 0.25) is 0 Å². The molecule has 0 aromatic heterocycles. The zero-order valence-corrected chi connectivity index (χ0v) is 13.6. The first-order valence-corrected chi connectivity index (χ1v) is 7.82. The number of nitrogens with one attached hydrogen (secondary N) is 1. The quantitative estimate of drug-likeness (QED) is 0.872. The van der Waals surface area contributed by atoms with Gasteiger partial charge in [0.25, 0.3) is 0 Å². The average Bonchev–Trinajstić information content (AvgIpc) is 2.47. The lowest BCUT2D eigenvalue weighted by Crippen LogP contribution is -2.45. The molecule has 118 valence electrons. The van der Waals surface area contributed by atoms with E-state index in [1.165, 1.54) is 0 Å². The highest BCUT2D eigenvalue weighted by molar-refractivity contribution is 5.44. The standard InChI is InChI=1S/C17H28N2O2/c1-12(2)14-10-15(13(3)9-17(14)21-4)16(20)11-19-7-5-18-6-8-19/h9-10,12,16,18,20H,5-8,11H2,1-4H3. The Morgan fingerprint density at radius 1 is 1.24 bits per heavy atom. The smallest absolute Gasteiger partial charge is 0.122 e. The Bertz CT molecular complexity index is 468. The maximum Gasteiger partial charge on any atom is 0.122 e. The van der Waals surface area contributed by atoms with Crippen LogP contribution in [0.15, 0.2) is 12.1 Å². The van der Waals surface area contributed by atoms with Crippen molar-refractivity contribution >= 4 is 0 Å². The number of ether oxygens (including phenoxy) is 1. The van der Waals surface area contributed by atoms with Crippen LogP contribution in [0.25, 0.3) is 0 Å². The van der Waals surface area contributed by atoms with Gasteiger partial charge in [0, 0.05) is 32.7 Å². The topological polar surface area (TPSA) is 44.7 Å². The maximum absolute atomic E-state index is 10.6. The predicted molar refractivity (Wildman–Crippen MR) is 86.1 cm³/mol. The van der Waals surface area contributed by atoms with Crippen molar-refractivity contribution in [3.05, 3.63) is 28.8 Å². The Morgan fingerprint density at radius 2 is 1.90 bits per heavy atom. The van der Waals surface area contributed by atoms with Gasteiger partial charge in [0.15, 0.2) is 0 Å². The first kappa shape index (κ1) is 16.3. The molecule has 1 atom stereocenters. The van der Waals surface area contributed by atoms with Crippen LogP contribution in [0.3, 0.4) is 0 Å². The summed E-state index contributed by atoms with van der Waals surface area (Å²) in [7, 11) is 1.71. The number of nitrogens with zero attached hydrogens (tertiary/aromatic N) is 1. The number of methoxy groups -OCH3 is 1. The highest BCUT2D eigenvalue weighted by Crippen LogP contribution is 2.32. The minimum atomic E-state index is -0.438. The van der Waals surface area contributed by atoms with Crippen molar-refractivity contribution in [2.75, 3.05) is 39.8 Å². The Kier molecular flexibility index (Phi) is 5.62. The molecule has 1 fully saturated rings. The van der Waals surface area contributed by atoms with Gasteiger partial charge in [-0.2, -0.15) is 0 Å². The summed E-state index contributed by atoms with van der Waals surface area (Å²) < 4.78 is 5.47. The molecule has 1 heterocycles. The third-order valence-corrected chi connectivity index (χ3v) is 4.24. The van der Waals surface area contributed by atoms with E-state index < -0.39 is 6.10 Å². The fourth-order valence-electron chi connectivity index (χ4n) is 2.94. The third-order valence-electron chi connectivity index (χ3n) is 4.24. The van der Waals surface area contributed by atoms with Crippen molar-refractivity contribution in [3.8, 4) is 5.75 Å². The summed E-state index contributed by atoms with van der Waals surface area (Å²) >= 11 is 0. The Hall–Kier alpha value is -1.10. The third kappa shape index (κ3) is 3.96. The van der Waals surface area contributed by atoms with Gasteiger partial charge in [-0.25, -0.2) is 0 Å². The van der Waals surface area contributed by atoms with Gasteiger partial charge < -0.3 is 15.2 Å². The molecule has 2 rings (SSSR count). The molecule has 1 saturated heterocycles. The van der Waals surface area contributed by atoms with Crippen LogP contribution in [0.1, 0.15) is 42.6 Å². The van der Waals surface area contributed by atoms with Crippen LogP contribution in [-0.4, -0.2) is 49.8 Å². The molecule has 1 aromatic carbocycles. The number of rotatable bonds is 5. The lowest BCUT2D eigenvalue weighted by molar-refractivity contribution is 0.105. The fourth-order valence-corrected chi connectivity index (χ4v) is 2.94. The summed E-state index contributed by atoms with van der Waals surface area (Å²) in [6.45, 7) is 11.1. The molecule has 1 aliphatic heterocycles. The van der Waals surface area contributed by atoms with E-state index in [2.05, 4.69) is 30.1 Å². The van der Waals surface area contributed by atoms with E-state index in [1.807, 2.05) is 13.0 Å². The zero-order chi connectivity index (χ0) is 15.4. The largest absolute Gasteiger partial charge is 0.496 e. The van der Waals surface area contributed by atoms with Crippen LogP contribution in [-0.2, 0) is 0 Å². The van der Waals surface area contributed by atoms with Gasteiger partial charge in [-0.15, -0.1) is 0 Å². The number of hydrogen-bond donors (Lipinski definition) is 2. The van der Waals surface area contributed by atoms with Crippen molar-refractivity contribution in [1.29, 1.82) is 0 Å². The van der Waals surface area contributed by atoms with E-state index in [9.17, 15) is 5.11 Å². The first-order valence-electron chi connectivity index (χ1n) is 7.82. The van der Waals surface area contributed by atoms with Gasteiger partial charge >= 0.3 is 0 Å². The molecule has 0 saturated carbocycles. The second-order valence-electron chi connectivity index (χ2n) is 6.17. The number of aliphatic hydroxyl groups excluding tert-OH is 1. The van der Waals surface area contributed by atoms with Gasteiger partial charge in [0.1, 0.15) is 5.75 Å². The molecule has 1 aliphatic rings. The van der Waals surface area contributed by atoms with Crippen LogP contribution >= 0.6 is 0 Å². The minimum Gasteiger partial charge on any atom is -0.496 e. The molecule has 2 N–H and O–H groups in total. The number of piperazine rings is 1. The van der Waals surface area contributed by atoms with Crippen LogP contribution in [0.5, 0.6) is 5.75 Å². The lowest BCUT2D eigenvalue weighted by atomic mass is 9.93. The van der Waals surface area contributed by atoms with Gasteiger partial charge in [-0.1, -0.05) is 13.8 Å². The zero-order valence-electron chi connectivity index (χ0n) is 13.6. The molecule has 0 aliphatic carbocycles. The van der Waals surface area contributed by atoms with Gasteiger partial charge in [0.2, 0.25) is 0 Å². The van der Waals surface area contributed by atoms with Crippen LogP contribution < -0.4 is 10.1 Å². The van der Waals surface area contributed by atoms with Gasteiger partial charge in [-0.3, -0.25) is 4.90 Å². The summed E-state index contributed by atoms with van der Waals surface area (Å²) in [5.74, 6) is 1.30. The first-order chi connectivity index (χ1) is 10.0. The molecule has 0 amide bonds. The second-order valence-corrected chi connectivity index (χ2v) is 6.17. The van der Waals surface area contributed by atoms with E-state index >= 15 is 0 Å². The van der Waals surface area contributed by atoms with E-state index in [0.29, 0.717) is 12.5 Å². The maximum atomic E-state index is 10.6. The highest BCUT2D eigenvalue weighted by Gasteiger charge is 2.19. The van der Waals surface area contributed by atoms with E-state index in [0.717, 1.165) is 48.6 Å². The normalized spacial score (nSPS) is 18.0. The van der Waals surface area contributed by atoms with Crippen LogP contribution in [0, 0.1) is 6.92 Å². The number of benzene rings is 1. The van der Waals surface area contributed by atoms with Gasteiger partial charge in [0.05, 0.1) is 13.2 Å². The number of hydrogen-bond acceptors (Lipinski definition) is 4. The van der Waals surface area contributed by atoms with Gasteiger partial charge in [-0.05, 0) is 41.7 Å². The molecule has 0 radical (unpaired) electrons. The molecule has 4 heteroatoms. The van der Waals surface area contributed by atoms with Crippen molar-refractivity contribution in [3.63, 3.8) is 0 Å². The summed E-state index contributed by atoms with van der Waals surface area (Å²) in [5.41, 5.74) is 3.29. The average molecular weight is 292 g/mol. The number of β-amino-alcohol motifs (C(OH)–C–C–N with tert-alkyl or cyclic N) is 1. The van der Waals surface area contributed by atoms with E-state index in [-0.39, 0.29) is 0 Å². The van der Waals surface area contributed by atoms with Crippen molar-refractivity contribution in [1.82, 2.24) is 10.2 Å². The molecular weight excluding hydrogens is 264 g/mol. The van der Waals surface area contributed by atoms with Crippen molar-refractivity contribution in [2.24, 2.45) is 0 Å². The number of aliphatic hydroxyl groups is 1. The monoisotopic (exact) mass is 292 g/mol. The lowest BCUT2D eigenvalue weighted by Gasteiger charge is -2.30. The van der Waals surface area contributed by atoms with Crippen molar-refractivity contribution in [2.45, 2.75) is 32.8 Å². The summed E-state index contributed by atoms with van der Waals surface area (Å²) in [6.07, 6.45) is -0.438. The molecule has 4 nitrogen and oxygen atoms in total. The summed E-state index contributed by atoms with van der Waals surface area (Å²) in [4.78, 5) is 2.32. The number of aryl methyl sites for hydroxylation is 1. The van der Waals surface area contributed by atoms with Crippen molar-refractivity contribution < 1.29 is 9.84 Å². The fraction of sp³-hybridized carbons (Fsp3) is 0.647. The second kappa shape index (κ2) is 7.25. The Morgan fingerprint density at radius 3 is 2.48 bits per heavy atom. The summed E-state index contributed by atoms with van der Waals surface area (Å²) in [6, 6.07) is 4.16. The minimum absolute atomic E-state index is 0.380. The summed E-state index contributed by atoms with van der Waals surface area (Å²) in [5, 5.41) is 14.0. The molecular formula is C17H28N2O2. The molecule has 1 aromatic rings. The SMILES string of the molecule is COc1cc(C)c(C(O)CN2CCNCC2)cc1C(C)C. The van der Waals surface area contributed by atoms with E-state index in [4.69, 9.17) is 4.74 Å². The Labute approximate surface area is 128 Å².